The molecular formula is C14H21NO3. The topological polar surface area (TPSA) is 49.8 Å². The summed E-state index contributed by atoms with van der Waals surface area (Å²) in [7, 11) is 3.43. The number of rotatable bonds is 5. The van der Waals surface area contributed by atoms with Crippen LogP contribution in [0.15, 0.2) is 18.2 Å². The number of ether oxygens (including phenoxy) is 1. The molecule has 4 nitrogen and oxygen atoms in total. The summed E-state index contributed by atoms with van der Waals surface area (Å²) in [5.74, 6) is 0.331. The summed E-state index contributed by atoms with van der Waals surface area (Å²) in [4.78, 5) is 12.7. The van der Waals surface area contributed by atoms with Crippen molar-refractivity contribution in [3.63, 3.8) is 0 Å². The third-order valence-electron chi connectivity index (χ3n) is 3.18. The average molecular weight is 251 g/mol. The van der Waals surface area contributed by atoms with Crippen molar-refractivity contribution in [2.45, 2.75) is 32.7 Å². The molecule has 1 unspecified atom stereocenters. The first kappa shape index (κ1) is 14.4. The Hall–Kier alpha value is -1.71. The van der Waals surface area contributed by atoms with Gasteiger partial charge in [0, 0.05) is 12.7 Å². The minimum Gasteiger partial charge on any atom is -0.496 e. The quantitative estimate of drug-likeness (QED) is 0.874. The Morgan fingerprint density at radius 3 is 2.39 bits per heavy atom. The molecule has 0 heterocycles. The van der Waals surface area contributed by atoms with Crippen LogP contribution in [0, 0.1) is 0 Å². The Bertz CT molecular complexity index is 429. The van der Waals surface area contributed by atoms with Crippen LogP contribution in [-0.4, -0.2) is 31.3 Å². The first-order valence-electron chi connectivity index (χ1n) is 6.02. The zero-order valence-electron chi connectivity index (χ0n) is 11.6. The van der Waals surface area contributed by atoms with E-state index >= 15 is 0 Å². The third-order valence-corrected chi connectivity index (χ3v) is 3.18. The van der Waals surface area contributed by atoms with E-state index in [-0.39, 0.29) is 0 Å². The minimum atomic E-state index is -0.834. The molecule has 1 aromatic rings. The Balaban J connectivity index is 3.11. The van der Waals surface area contributed by atoms with Gasteiger partial charge in [-0.1, -0.05) is 13.8 Å². The van der Waals surface area contributed by atoms with Gasteiger partial charge in [0.05, 0.1) is 7.11 Å². The predicted molar refractivity (Wildman–Crippen MR) is 72.6 cm³/mol. The SMILES string of the molecule is COc1ccc(N(C)C(C)C(=O)O)cc1C(C)C. The minimum absolute atomic E-state index is 0.327. The van der Waals surface area contributed by atoms with E-state index in [2.05, 4.69) is 13.8 Å². The van der Waals surface area contributed by atoms with Crippen molar-refractivity contribution >= 4 is 11.7 Å². The molecule has 0 amide bonds. The number of carbonyl (C=O) groups is 1. The second kappa shape index (κ2) is 5.76. The summed E-state index contributed by atoms with van der Waals surface area (Å²) in [5.41, 5.74) is 1.97. The molecule has 0 aliphatic carbocycles. The first-order chi connectivity index (χ1) is 8.38. The van der Waals surface area contributed by atoms with Gasteiger partial charge in [0.1, 0.15) is 11.8 Å². The molecule has 0 aliphatic rings. The van der Waals surface area contributed by atoms with Crippen molar-refractivity contribution in [3.8, 4) is 5.75 Å². The molecule has 100 valence electrons. The maximum atomic E-state index is 11.0. The Morgan fingerprint density at radius 2 is 1.94 bits per heavy atom. The molecule has 0 spiro atoms. The molecular weight excluding hydrogens is 230 g/mol. The third kappa shape index (κ3) is 2.94. The van der Waals surface area contributed by atoms with E-state index in [1.807, 2.05) is 18.2 Å². The number of anilines is 1. The number of hydrogen-bond donors (Lipinski definition) is 1. The average Bonchev–Trinajstić information content (AvgIpc) is 2.35. The van der Waals surface area contributed by atoms with Crippen LogP contribution in [0.5, 0.6) is 5.75 Å². The van der Waals surface area contributed by atoms with Crippen LogP contribution in [-0.2, 0) is 4.79 Å². The smallest absolute Gasteiger partial charge is 0.326 e. The highest BCUT2D eigenvalue weighted by molar-refractivity contribution is 5.77. The van der Waals surface area contributed by atoms with Crippen molar-refractivity contribution in [1.29, 1.82) is 0 Å². The molecule has 0 bridgehead atoms. The van der Waals surface area contributed by atoms with E-state index in [9.17, 15) is 4.79 Å². The summed E-state index contributed by atoms with van der Waals surface area (Å²) in [5, 5.41) is 9.03. The number of methoxy groups -OCH3 is 1. The van der Waals surface area contributed by atoms with Gasteiger partial charge in [0.25, 0.3) is 0 Å². The van der Waals surface area contributed by atoms with Gasteiger partial charge in [-0.15, -0.1) is 0 Å². The summed E-state index contributed by atoms with van der Waals surface area (Å²) in [6.07, 6.45) is 0. The van der Waals surface area contributed by atoms with Gasteiger partial charge in [0.15, 0.2) is 0 Å². The number of carboxylic acid groups (broad SMARTS) is 1. The molecule has 18 heavy (non-hydrogen) atoms. The van der Waals surface area contributed by atoms with Crippen LogP contribution in [0.25, 0.3) is 0 Å². The largest absolute Gasteiger partial charge is 0.496 e. The van der Waals surface area contributed by atoms with Crippen LogP contribution >= 0.6 is 0 Å². The van der Waals surface area contributed by atoms with E-state index < -0.39 is 12.0 Å². The van der Waals surface area contributed by atoms with E-state index in [1.165, 1.54) is 0 Å². The van der Waals surface area contributed by atoms with Crippen LogP contribution < -0.4 is 9.64 Å². The van der Waals surface area contributed by atoms with Gasteiger partial charge in [-0.2, -0.15) is 0 Å². The Morgan fingerprint density at radius 1 is 1.33 bits per heavy atom. The van der Waals surface area contributed by atoms with Crippen molar-refractivity contribution in [3.05, 3.63) is 23.8 Å². The highest BCUT2D eigenvalue weighted by Crippen LogP contribution is 2.30. The lowest BCUT2D eigenvalue weighted by Crippen LogP contribution is -2.35. The van der Waals surface area contributed by atoms with Gasteiger partial charge in [-0.05, 0) is 36.6 Å². The zero-order valence-corrected chi connectivity index (χ0v) is 11.6. The van der Waals surface area contributed by atoms with Crippen molar-refractivity contribution in [1.82, 2.24) is 0 Å². The maximum Gasteiger partial charge on any atom is 0.326 e. The molecule has 1 rings (SSSR count). The van der Waals surface area contributed by atoms with Crippen molar-refractivity contribution in [2.75, 3.05) is 19.1 Å². The van der Waals surface area contributed by atoms with Crippen molar-refractivity contribution in [2.24, 2.45) is 0 Å². The summed E-state index contributed by atoms with van der Waals surface area (Å²) >= 11 is 0. The number of carboxylic acids is 1. The van der Waals surface area contributed by atoms with Crippen molar-refractivity contribution < 1.29 is 14.6 Å². The highest BCUT2D eigenvalue weighted by atomic mass is 16.5. The lowest BCUT2D eigenvalue weighted by molar-refractivity contribution is -0.138. The van der Waals surface area contributed by atoms with Gasteiger partial charge < -0.3 is 14.7 Å². The van der Waals surface area contributed by atoms with Gasteiger partial charge >= 0.3 is 5.97 Å². The summed E-state index contributed by atoms with van der Waals surface area (Å²) < 4.78 is 5.31. The Labute approximate surface area is 108 Å². The molecule has 0 fully saturated rings. The standard InChI is InChI=1S/C14H21NO3/c1-9(2)12-8-11(6-7-13(12)18-5)15(4)10(3)14(16)17/h6-10H,1-5H3,(H,16,17). The fraction of sp³-hybridized carbons (Fsp3) is 0.500. The molecule has 0 saturated heterocycles. The van der Waals surface area contributed by atoms with E-state index in [0.29, 0.717) is 5.92 Å². The molecule has 0 radical (unpaired) electrons. The molecule has 1 atom stereocenters. The molecule has 1 aromatic carbocycles. The van der Waals surface area contributed by atoms with E-state index in [0.717, 1.165) is 17.0 Å². The van der Waals surface area contributed by atoms with Crippen LogP contribution in [0.2, 0.25) is 0 Å². The van der Waals surface area contributed by atoms with Gasteiger partial charge in [-0.3, -0.25) is 0 Å². The number of nitrogens with zero attached hydrogens (tertiary/aromatic N) is 1. The van der Waals surface area contributed by atoms with Crippen LogP contribution in [0.3, 0.4) is 0 Å². The summed E-state index contributed by atoms with van der Waals surface area (Å²) in [6.45, 7) is 5.84. The normalized spacial score (nSPS) is 12.3. The molecule has 4 heteroatoms. The van der Waals surface area contributed by atoms with Gasteiger partial charge in [0.2, 0.25) is 0 Å². The maximum absolute atomic E-state index is 11.0. The number of benzene rings is 1. The number of aliphatic carboxylic acids is 1. The molecule has 0 saturated carbocycles. The monoisotopic (exact) mass is 251 g/mol. The van der Waals surface area contributed by atoms with Gasteiger partial charge in [-0.25, -0.2) is 4.79 Å². The number of hydrogen-bond acceptors (Lipinski definition) is 3. The van der Waals surface area contributed by atoms with E-state index in [1.54, 1.807) is 26.0 Å². The fourth-order valence-corrected chi connectivity index (χ4v) is 1.78. The zero-order chi connectivity index (χ0) is 13.9. The highest BCUT2D eigenvalue weighted by Gasteiger charge is 2.18. The van der Waals surface area contributed by atoms with Crippen LogP contribution in [0.4, 0.5) is 5.69 Å². The fourth-order valence-electron chi connectivity index (χ4n) is 1.78. The molecule has 0 aromatic heterocycles. The lowest BCUT2D eigenvalue weighted by Gasteiger charge is -2.25. The molecule has 0 aliphatic heterocycles. The van der Waals surface area contributed by atoms with Crippen LogP contribution in [0.1, 0.15) is 32.3 Å². The number of likely N-dealkylation sites (N-methyl/N-ethyl adjacent to an activating group) is 1. The summed E-state index contributed by atoms with van der Waals surface area (Å²) in [6, 6.07) is 5.20. The Kier molecular flexibility index (Phi) is 4.59. The first-order valence-corrected chi connectivity index (χ1v) is 6.02. The lowest BCUT2D eigenvalue weighted by atomic mass is 10.0. The molecule has 1 N–H and O–H groups in total. The second-order valence-corrected chi connectivity index (χ2v) is 4.71. The predicted octanol–water partition coefficient (Wildman–Crippen LogP) is 2.73. The van der Waals surface area contributed by atoms with E-state index in [4.69, 9.17) is 9.84 Å². The second-order valence-electron chi connectivity index (χ2n) is 4.71.